The number of hydrogen-bond donors (Lipinski definition) is 3. The summed E-state index contributed by atoms with van der Waals surface area (Å²) in [6.07, 6.45) is 1.49. The molecule has 0 aliphatic carbocycles. The quantitative estimate of drug-likeness (QED) is 0.811. The van der Waals surface area contributed by atoms with E-state index in [9.17, 15) is 9.90 Å². The van der Waals surface area contributed by atoms with Gasteiger partial charge in [0, 0.05) is 12.6 Å². The first-order valence-corrected chi connectivity index (χ1v) is 6.68. The Bertz CT molecular complexity index is 600. The minimum absolute atomic E-state index is 0.194. The average Bonchev–Trinajstić information content (AvgIpc) is 2.90. The number of benzene rings is 1. The molecule has 0 radical (unpaired) electrons. The first-order chi connectivity index (χ1) is 9.15. The predicted molar refractivity (Wildman–Crippen MR) is 77.0 cm³/mol. The molecule has 0 saturated heterocycles. The molecule has 0 aliphatic rings. The molecule has 0 fully saturated rings. The van der Waals surface area contributed by atoms with Crippen molar-refractivity contribution in [2.45, 2.75) is 6.61 Å². The zero-order chi connectivity index (χ0) is 13.8. The van der Waals surface area contributed by atoms with Gasteiger partial charge in [-0.2, -0.15) is 0 Å². The fourth-order valence-electron chi connectivity index (χ4n) is 1.51. The number of nitrogens with one attached hydrogen (secondary N) is 2. The van der Waals surface area contributed by atoms with E-state index in [1.165, 1.54) is 17.5 Å². The number of halogens is 1. The summed E-state index contributed by atoms with van der Waals surface area (Å²) in [6, 6.07) is 5.07. The normalized spacial score (nSPS) is 10.3. The van der Waals surface area contributed by atoms with E-state index in [1.54, 1.807) is 25.2 Å². The van der Waals surface area contributed by atoms with E-state index in [1.807, 2.05) is 0 Å². The van der Waals surface area contributed by atoms with Gasteiger partial charge in [0.05, 0.1) is 23.5 Å². The average molecular weight is 298 g/mol. The van der Waals surface area contributed by atoms with Crippen molar-refractivity contribution in [1.29, 1.82) is 0 Å². The molecule has 3 N–H and O–H groups in total. The van der Waals surface area contributed by atoms with Crippen molar-refractivity contribution < 1.29 is 9.90 Å². The smallest absolute Gasteiger partial charge is 0.267 e. The van der Waals surface area contributed by atoms with Crippen LogP contribution in [0.15, 0.2) is 24.4 Å². The summed E-state index contributed by atoms with van der Waals surface area (Å²) < 4.78 is 0. The van der Waals surface area contributed by atoms with E-state index in [4.69, 9.17) is 11.6 Å². The molecule has 0 aliphatic heterocycles. The summed E-state index contributed by atoms with van der Waals surface area (Å²) >= 11 is 7.26. The molecule has 2 aromatic rings. The van der Waals surface area contributed by atoms with Crippen molar-refractivity contribution in [3.63, 3.8) is 0 Å². The van der Waals surface area contributed by atoms with Gasteiger partial charge in [0.1, 0.15) is 4.88 Å². The van der Waals surface area contributed by atoms with Gasteiger partial charge >= 0.3 is 0 Å². The van der Waals surface area contributed by atoms with Gasteiger partial charge in [0.15, 0.2) is 5.13 Å². The number of thiazole rings is 1. The van der Waals surface area contributed by atoms with Gasteiger partial charge in [0.25, 0.3) is 5.91 Å². The van der Waals surface area contributed by atoms with Crippen LogP contribution in [0.2, 0.25) is 5.02 Å². The maximum absolute atomic E-state index is 12.1. The van der Waals surface area contributed by atoms with Crippen LogP contribution in [0.3, 0.4) is 0 Å². The summed E-state index contributed by atoms with van der Waals surface area (Å²) in [6.45, 7) is -0.194. The van der Waals surface area contributed by atoms with Crippen LogP contribution in [-0.4, -0.2) is 23.0 Å². The fraction of sp³-hybridized carbons (Fsp3) is 0.167. The number of aliphatic hydroxyl groups is 1. The number of anilines is 2. The molecule has 0 saturated carbocycles. The van der Waals surface area contributed by atoms with Crippen LogP contribution in [0.25, 0.3) is 0 Å². The van der Waals surface area contributed by atoms with Crippen LogP contribution in [0.1, 0.15) is 15.2 Å². The lowest BCUT2D eigenvalue weighted by molar-refractivity contribution is 0.103. The molecule has 1 amide bonds. The van der Waals surface area contributed by atoms with Crippen molar-refractivity contribution in [1.82, 2.24) is 4.98 Å². The molecule has 0 unspecified atom stereocenters. The summed E-state index contributed by atoms with van der Waals surface area (Å²) in [5, 5.41) is 15.8. The van der Waals surface area contributed by atoms with Gasteiger partial charge in [-0.05, 0) is 6.07 Å². The third kappa shape index (κ3) is 3.04. The number of amides is 1. The monoisotopic (exact) mass is 297 g/mol. The highest BCUT2D eigenvalue weighted by atomic mass is 35.5. The summed E-state index contributed by atoms with van der Waals surface area (Å²) in [7, 11) is 1.73. The molecule has 0 bridgehead atoms. The SMILES string of the molecule is CNc1ncc(C(=O)Nc2c(Cl)cccc2CO)s1. The number of aromatic nitrogens is 1. The highest BCUT2D eigenvalue weighted by molar-refractivity contribution is 7.17. The predicted octanol–water partition coefficient (Wildman–Crippen LogP) is 2.58. The van der Waals surface area contributed by atoms with Gasteiger partial charge in [-0.15, -0.1) is 0 Å². The third-order valence-corrected chi connectivity index (χ3v) is 3.78. The summed E-state index contributed by atoms with van der Waals surface area (Å²) in [5.41, 5.74) is 0.996. The van der Waals surface area contributed by atoms with Gasteiger partial charge in [0.2, 0.25) is 0 Å². The van der Waals surface area contributed by atoms with E-state index in [0.717, 1.165) is 0 Å². The topological polar surface area (TPSA) is 74.2 Å². The Morgan fingerprint density at radius 2 is 2.32 bits per heavy atom. The first kappa shape index (κ1) is 13.8. The molecule has 19 heavy (non-hydrogen) atoms. The molecular formula is C12H12ClN3O2S. The largest absolute Gasteiger partial charge is 0.392 e. The Labute approximate surface area is 119 Å². The Hall–Kier alpha value is -1.63. The number of para-hydroxylation sites is 1. The van der Waals surface area contributed by atoms with Crippen LogP contribution < -0.4 is 10.6 Å². The van der Waals surface area contributed by atoms with E-state index < -0.39 is 0 Å². The highest BCUT2D eigenvalue weighted by Gasteiger charge is 2.14. The second kappa shape index (κ2) is 6.01. The fourth-order valence-corrected chi connectivity index (χ4v) is 2.42. The lowest BCUT2D eigenvalue weighted by Crippen LogP contribution is -2.12. The lowest BCUT2D eigenvalue weighted by Gasteiger charge is -2.10. The van der Waals surface area contributed by atoms with Crippen molar-refractivity contribution in [3.8, 4) is 0 Å². The van der Waals surface area contributed by atoms with Crippen LogP contribution >= 0.6 is 22.9 Å². The standard InChI is InChI=1S/C12H12ClN3O2S/c1-14-12-15-5-9(19-12)11(18)16-10-7(6-17)3-2-4-8(10)13/h2-5,17H,6H2,1H3,(H,14,15)(H,16,18). The lowest BCUT2D eigenvalue weighted by atomic mass is 10.2. The molecule has 5 nitrogen and oxygen atoms in total. The number of hydrogen-bond acceptors (Lipinski definition) is 5. The molecule has 1 aromatic carbocycles. The minimum Gasteiger partial charge on any atom is -0.392 e. The minimum atomic E-state index is -0.304. The van der Waals surface area contributed by atoms with Crippen LogP contribution in [0.4, 0.5) is 10.8 Å². The zero-order valence-corrected chi connectivity index (χ0v) is 11.7. The van der Waals surface area contributed by atoms with Crippen molar-refractivity contribution in [3.05, 3.63) is 39.9 Å². The summed E-state index contributed by atoms with van der Waals surface area (Å²) in [5.74, 6) is -0.304. The second-order valence-corrected chi connectivity index (χ2v) is 5.10. The van der Waals surface area contributed by atoms with Crippen molar-refractivity contribution in [2.24, 2.45) is 0 Å². The molecule has 0 spiro atoms. The Kier molecular flexibility index (Phi) is 4.36. The van der Waals surface area contributed by atoms with E-state index >= 15 is 0 Å². The number of aliphatic hydroxyl groups excluding tert-OH is 1. The van der Waals surface area contributed by atoms with Crippen molar-refractivity contribution >= 4 is 39.7 Å². The molecule has 1 aromatic heterocycles. The number of carbonyl (C=O) groups is 1. The number of carbonyl (C=O) groups excluding carboxylic acids is 1. The van der Waals surface area contributed by atoms with E-state index in [-0.39, 0.29) is 12.5 Å². The maximum atomic E-state index is 12.1. The van der Waals surface area contributed by atoms with Gasteiger partial charge in [-0.3, -0.25) is 4.79 Å². The van der Waals surface area contributed by atoms with Gasteiger partial charge in [-0.25, -0.2) is 4.98 Å². The second-order valence-electron chi connectivity index (χ2n) is 3.67. The van der Waals surface area contributed by atoms with Crippen molar-refractivity contribution in [2.75, 3.05) is 17.7 Å². The molecule has 2 rings (SSSR count). The first-order valence-electron chi connectivity index (χ1n) is 5.49. The van der Waals surface area contributed by atoms with Gasteiger partial charge in [-0.1, -0.05) is 35.1 Å². The Morgan fingerprint density at radius 1 is 1.53 bits per heavy atom. The zero-order valence-electron chi connectivity index (χ0n) is 10.1. The summed E-state index contributed by atoms with van der Waals surface area (Å²) in [4.78, 5) is 16.5. The van der Waals surface area contributed by atoms with Crippen LogP contribution in [0, 0.1) is 0 Å². The Morgan fingerprint density at radius 3 is 2.95 bits per heavy atom. The van der Waals surface area contributed by atoms with E-state index in [2.05, 4.69) is 15.6 Å². The molecular weight excluding hydrogens is 286 g/mol. The van der Waals surface area contributed by atoms with Crippen LogP contribution in [0.5, 0.6) is 0 Å². The highest BCUT2D eigenvalue weighted by Crippen LogP contribution is 2.27. The third-order valence-electron chi connectivity index (χ3n) is 2.45. The molecule has 7 heteroatoms. The maximum Gasteiger partial charge on any atom is 0.267 e. The molecule has 100 valence electrons. The van der Waals surface area contributed by atoms with Crippen LogP contribution in [-0.2, 0) is 6.61 Å². The number of nitrogens with zero attached hydrogens (tertiary/aromatic N) is 1. The number of rotatable bonds is 4. The Balaban J connectivity index is 2.23. The van der Waals surface area contributed by atoms with E-state index in [0.29, 0.717) is 26.3 Å². The molecule has 1 heterocycles. The van der Waals surface area contributed by atoms with Gasteiger partial charge < -0.3 is 15.7 Å². The molecule has 0 atom stereocenters.